The van der Waals surface area contributed by atoms with Crippen molar-refractivity contribution in [2.24, 2.45) is 5.92 Å². The highest BCUT2D eigenvalue weighted by atomic mass is 19.1. The van der Waals surface area contributed by atoms with E-state index in [1.165, 1.54) is 12.1 Å². The molecule has 0 bridgehead atoms. The van der Waals surface area contributed by atoms with Crippen LogP contribution in [0.3, 0.4) is 0 Å². The Morgan fingerprint density at radius 1 is 1.35 bits per heavy atom. The average Bonchev–Trinajstić information content (AvgIpc) is 2.33. The number of ketones is 1. The Balaban J connectivity index is 1.82. The van der Waals surface area contributed by atoms with Crippen LogP contribution < -0.4 is 5.32 Å². The monoisotopic (exact) mass is 235 g/mol. The number of halogens is 1. The molecule has 0 aromatic heterocycles. The topological polar surface area (TPSA) is 29.1 Å². The van der Waals surface area contributed by atoms with Crippen LogP contribution in [0.4, 0.5) is 4.39 Å². The number of hydrogen-bond acceptors (Lipinski definition) is 2. The lowest BCUT2D eigenvalue weighted by molar-refractivity contribution is -0.119. The number of hydrogen-bond donors (Lipinski definition) is 1. The molecule has 17 heavy (non-hydrogen) atoms. The molecule has 92 valence electrons. The number of Topliss-reactive ketones (excluding diaryl/α,β-unsaturated/α-hetero) is 1. The van der Waals surface area contributed by atoms with Crippen LogP contribution in [0.15, 0.2) is 24.3 Å². The Labute approximate surface area is 101 Å². The van der Waals surface area contributed by atoms with Crippen molar-refractivity contribution in [1.82, 2.24) is 5.32 Å². The summed E-state index contributed by atoms with van der Waals surface area (Å²) in [6.45, 7) is 2.03. The summed E-state index contributed by atoms with van der Waals surface area (Å²) in [5.74, 6) is 0.486. The summed E-state index contributed by atoms with van der Waals surface area (Å²) in [4.78, 5) is 11.8. The van der Waals surface area contributed by atoms with E-state index in [0.717, 1.165) is 31.5 Å². The van der Waals surface area contributed by atoms with Gasteiger partial charge in [-0.3, -0.25) is 4.79 Å². The summed E-state index contributed by atoms with van der Waals surface area (Å²) in [5.41, 5.74) is 0.903. The summed E-state index contributed by atoms with van der Waals surface area (Å²) < 4.78 is 12.7. The van der Waals surface area contributed by atoms with E-state index >= 15 is 0 Å². The van der Waals surface area contributed by atoms with Gasteiger partial charge in [-0.05, 0) is 49.5 Å². The first-order valence-corrected chi connectivity index (χ1v) is 6.21. The van der Waals surface area contributed by atoms with Gasteiger partial charge in [-0.25, -0.2) is 4.39 Å². The van der Waals surface area contributed by atoms with Gasteiger partial charge in [-0.15, -0.1) is 0 Å². The van der Waals surface area contributed by atoms with Gasteiger partial charge in [-0.2, -0.15) is 0 Å². The van der Waals surface area contributed by atoms with Crippen LogP contribution in [0.2, 0.25) is 0 Å². The summed E-state index contributed by atoms with van der Waals surface area (Å²) in [6.07, 6.45) is 3.37. The predicted octanol–water partition coefficient (Wildman–Crippen LogP) is 2.33. The van der Waals surface area contributed by atoms with Gasteiger partial charge in [0.05, 0.1) is 0 Å². The zero-order chi connectivity index (χ0) is 12.1. The molecule has 0 amide bonds. The van der Waals surface area contributed by atoms with Crippen LogP contribution in [-0.2, 0) is 11.2 Å². The molecule has 1 aromatic carbocycles. The second kappa shape index (κ2) is 5.92. The minimum atomic E-state index is -0.252. The highest BCUT2D eigenvalue weighted by Crippen LogP contribution is 2.15. The van der Waals surface area contributed by atoms with Crippen molar-refractivity contribution in [3.8, 4) is 0 Å². The number of nitrogens with one attached hydrogen (secondary N) is 1. The molecular weight excluding hydrogens is 217 g/mol. The molecule has 1 aliphatic heterocycles. The molecule has 1 aliphatic rings. The molecule has 1 aromatic rings. The van der Waals surface area contributed by atoms with Gasteiger partial charge in [-0.1, -0.05) is 12.1 Å². The van der Waals surface area contributed by atoms with E-state index in [2.05, 4.69) is 5.32 Å². The number of carbonyl (C=O) groups is 1. The largest absolute Gasteiger partial charge is 0.316 e. The van der Waals surface area contributed by atoms with Crippen molar-refractivity contribution < 1.29 is 9.18 Å². The molecule has 2 nitrogen and oxygen atoms in total. The Morgan fingerprint density at radius 2 is 2.12 bits per heavy atom. The van der Waals surface area contributed by atoms with Crippen LogP contribution >= 0.6 is 0 Å². The van der Waals surface area contributed by atoms with E-state index in [4.69, 9.17) is 0 Å². The number of benzene rings is 1. The van der Waals surface area contributed by atoms with Crippen molar-refractivity contribution in [2.75, 3.05) is 13.1 Å². The molecule has 1 N–H and O–H groups in total. The summed E-state index contributed by atoms with van der Waals surface area (Å²) in [7, 11) is 0. The van der Waals surface area contributed by atoms with Crippen molar-refractivity contribution in [1.29, 1.82) is 0 Å². The van der Waals surface area contributed by atoms with Gasteiger partial charge in [0.25, 0.3) is 0 Å². The van der Waals surface area contributed by atoms with E-state index in [1.54, 1.807) is 12.1 Å². The molecule has 1 atom stereocenters. The fourth-order valence-corrected chi connectivity index (χ4v) is 2.32. The van der Waals surface area contributed by atoms with E-state index in [1.807, 2.05) is 0 Å². The Morgan fingerprint density at radius 3 is 2.76 bits per heavy atom. The molecule has 0 aliphatic carbocycles. The zero-order valence-corrected chi connectivity index (χ0v) is 9.92. The quantitative estimate of drug-likeness (QED) is 0.867. The van der Waals surface area contributed by atoms with Gasteiger partial charge >= 0.3 is 0 Å². The van der Waals surface area contributed by atoms with Crippen molar-refractivity contribution >= 4 is 5.78 Å². The molecule has 0 radical (unpaired) electrons. The SMILES string of the molecule is O=C(Cc1ccc(F)cc1)CC1CCCNC1. The Hall–Kier alpha value is -1.22. The molecule has 2 rings (SSSR count). The highest BCUT2D eigenvalue weighted by molar-refractivity contribution is 5.81. The lowest BCUT2D eigenvalue weighted by atomic mass is 9.92. The maximum Gasteiger partial charge on any atom is 0.137 e. The smallest absolute Gasteiger partial charge is 0.137 e. The second-order valence-electron chi connectivity index (χ2n) is 4.76. The standard InChI is InChI=1S/C14H18FNO/c15-13-5-3-11(4-6-13)8-14(17)9-12-2-1-7-16-10-12/h3-6,12,16H,1-2,7-10H2. The van der Waals surface area contributed by atoms with Gasteiger partial charge in [0.1, 0.15) is 11.6 Å². The third-order valence-electron chi connectivity index (χ3n) is 3.23. The maximum atomic E-state index is 12.7. The minimum absolute atomic E-state index is 0.252. The molecule has 0 spiro atoms. The van der Waals surface area contributed by atoms with E-state index in [0.29, 0.717) is 18.8 Å². The molecular formula is C14H18FNO. The fraction of sp³-hybridized carbons (Fsp3) is 0.500. The van der Waals surface area contributed by atoms with Crippen LogP contribution in [0.25, 0.3) is 0 Å². The molecule has 1 heterocycles. The zero-order valence-electron chi connectivity index (χ0n) is 9.92. The predicted molar refractivity (Wildman–Crippen MR) is 65.3 cm³/mol. The van der Waals surface area contributed by atoms with Crippen LogP contribution in [-0.4, -0.2) is 18.9 Å². The molecule has 1 saturated heterocycles. The highest BCUT2D eigenvalue weighted by Gasteiger charge is 2.16. The van der Waals surface area contributed by atoms with Crippen molar-refractivity contribution in [3.05, 3.63) is 35.6 Å². The second-order valence-corrected chi connectivity index (χ2v) is 4.76. The Kier molecular flexibility index (Phi) is 4.26. The average molecular weight is 235 g/mol. The number of piperidine rings is 1. The lowest BCUT2D eigenvalue weighted by Gasteiger charge is -2.21. The van der Waals surface area contributed by atoms with Crippen LogP contribution in [0.5, 0.6) is 0 Å². The molecule has 1 unspecified atom stereocenters. The van der Waals surface area contributed by atoms with Crippen molar-refractivity contribution in [2.45, 2.75) is 25.7 Å². The van der Waals surface area contributed by atoms with Crippen LogP contribution in [0, 0.1) is 11.7 Å². The van der Waals surface area contributed by atoms with Gasteiger partial charge in [0, 0.05) is 12.8 Å². The van der Waals surface area contributed by atoms with E-state index in [9.17, 15) is 9.18 Å². The van der Waals surface area contributed by atoms with Gasteiger partial charge < -0.3 is 5.32 Å². The first kappa shape index (κ1) is 12.2. The van der Waals surface area contributed by atoms with Crippen molar-refractivity contribution in [3.63, 3.8) is 0 Å². The van der Waals surface area contributed by atoms with E-state index in [-0.39, 0.29) is 11.6 Å². The summed E-state index contributed by atoms with van der Waals surface area (Å²) >= 11 is 0. The normalized spacial score (nSPS) is 20.2. The van der Waals surface area contributed by atoms with E-state index < -0.39 is 0 Å². The first-order chi connectivity index (χ1) is 8.24. The molecule has 3 heteroatoms. The third-order valence-corrected chi connectivity index (χ3v) is 3.23. The fourth-order valence-electron chi connectivity index (χ4n) is 2.32. The summed E-state index contributed by atoms with van der Waals surface area (Å²) in [5, 5.41) is 3.31. The molecule has 0 saturated carbocycles. The number of rotatable bonds is 4. The first-order valence-electron chi connectivity index (χ1n) is 6.21. The lowest BCUT2D eigenvalue weighted by Crippen LogP contribution is -2.31. The third kappa shape index (κ3) is 3.93. The van der Waals surface area contributed by atoms with Crippen LogP contribution in [0.1, 0.15) is 24.8 Å². The summed E-state index contributed by atoms with van der Waals surface area (Å²) in [6, 6.07) is 6.19. The molecule has 1 fully saturated rings. The number of carbonyl (C=O) groups excluding carboxylic acids is 1. The Bertz CT molecular complexity index is 368. The van der Waals surface area contributed by atoms with Gasteiger partial charge in [0.2, 0.25) is 0 Å². The minimum Gasteiger partial charge on any atom is -0.316 e. The van der Waals surface area contributed by atoms with Gasteiger partial charge in [0.15, 0.2) is 0 Å². The maximum absolute atomic E-state index is 12.7.